The largest absolute Gasteiger partial charge is 0.382 e. The molecule has 84 valence electrons. The molecule has 0 aliphatic heterocycles. The Morgan fingerprint density at radius 1 is 1.27 bits per heavy atom. The summed E-state index contributed by atoms with van der Waals surface area (Å²) in [7, 11) is 1.62. The van der Waals surface area contributed by atoms with Gasteiger partial charge in [-0.25, -0.2) is 14.4 Å². The van der Waals surface area contributed by atoms with Crippen LogP contribution in [0, 0.1) is 5.82 Å². The van der Waals surface area contributed by atoms with Crippen molar-refractivity contribution in [2.24, 2.45) is 0 Å². The van der Waals surface area contributed by atoms with E-state index in [4.69, 9.17) is 9.47 Å². The molecule has 5 nitrogen and oxygen atoms in total. The molecule has 1 N–H and O–H groups in total. The number of hydrogen-bond acceptors (Lipinski definition) is 5. The Labute approximate surface area is 87.6 Å². The van der Waals surface area contributed by atoms with Gasteiger partial charge in [0.25, 0.3) is 0 Å². The lowest BCUT2D eigenvalue weighted by Gasteiger charge is -2.05. The molecule has 0 atom stereocenters. The normalized spacial score (nSPS) is 10.3. The molecule has 1 aromatic heterocycles. The van der Waals surface area contributed by atoms with Crippen LogP contribution in [0.4, 0.5) is 10.3 Å². The SMILES string of the molecule is COCCOCCNc1ncc(F)cn1. The van der Waals surface area contributed by atoms with Gasteiger partial charge < -0.3 is 14.8 Å². The molecule has 0 fully saturated rings. The van der Waals surface area contributed by atoms with Crippen LogP contribution in [0.3, 0.4) is 0 Å². The summed E-state index contributed by atoms with van der Waals surface area (Å²) >= 11 is 0. The summed E-state index contributed by atoms with van der Waals surface area (Å²) in [5.41, 5.74) is 0. The maximum Gasteiger partial charge on any atom is 0.222 e. The van der Waals surface area contributed by atoms with E-state index in [1.807, 2.05) is 0 Å². The van der Waals surface area contributed by atoms with E-state index in [0.29, 0.717) is 32.3 Å². The number of nitrogens with one attached hydrogen (secondary N) is 1. The van der Waals surface area contributed by atoms with Crippen LogP contribution in [0.15, 0.2) is 12.4 Å². The molecule has 0 bridgehead atoms. The number of hydrogen-bond donors (Lipinski definition) is 1. The van der Waals surface area contributed by atoms with Gasteiger partial charge in [0.05, 0.1) is 32.2 Å². The van der Waals surface area contributed by atoms with Crippen LogP contribution in [-0.2, 0) is 9.47 Å². The molecule has 0 spiro atoms. The van der Waals surface area contributed by atoms with Gasteiger partial charge in [0.2, 0.25) is 5.95 Å². The second-order valence-corrected chi connectivity index (χ2v) is 2.76. The van der Waals surface area contributed by atoms with Crippen LogP contribution in [-0.4, -0.2) is 43.4 Å². The number of ether oxygens (including phenoxy) is 2. The molecule has 0 radical (unpaired) electrons. The lowest BCUT2D eigenvalue weighted by Crippen LogP contribution is -2.13. The van der Waals surface area contributed by atoms with E-state index in [-0.39, 0.29) is 0 Å². The van der Waals surface area contributed by atoms with E-state index in [2.05, 4.69) is 15.3 Å². The van der Waals surface area contributed by atoms with Crippen LogP contribution >= 0.6 is 0 Å². The molecule has 1 rings (SSSR count). The van der Waals surface area contributed by atoms with Crippen molar-refractivity contribution in [3.8, 4) is 0 Å². The van der Waals surface area contributed by atoms with Crippen LogP contribution in [0.25, 0.3) is 0 Å². The van der Waals surface area contributed by atoms with Gasteiger partial charge in [-0.1, -0.05) is 0 Å². The maximum absolute atomic E-state index is 12.4. The molecule has 6 heteroatoms. The first-order valence-corrected chi connectivity index (χ1v) is 4.61. The van der Waals surface area contributed by atoms with Crippen molar-refractivity contribution < 1.29 is 13.9 Å². The van der Waals surface area contributed by atoms with Crippen molar-refractivity contribution in [3.63, 3.8) is 0 Å². The third-order valence-corrected chi connectivity index (χ3v) is 1.58. The average Bonchev–Trinajstić information content (AvgIpc) is 2.26. The lowest BCUT2D eigenvalue weighted by molar-refractivity contribution is 0.0759. The Morgan fingerprint density at radius 3 is 2.67 bits per heavy atom. The zero-order chi connectivity index (χ0) is 10.9. The predicted octanol–water partition coefficient (Wildman–Crippen LogP) is 0.691. The van der Waals surface area contributed by atoms with Gasteiger partial charge in [-0.2, -0.15) is 0 Å². The van der Waals surface area contributed by atoms with E-state index in [1.54, 1.807) is 7.11 Å². The van der Waals surface area contributed by atoms with E-state index in [0.717, 1.165) is 12.4 Å². The van der Waals surface area contributed by atoms with Crippen LogP contribution in [0.2, 0.25) is 0 Å². The summed E-state index contributed by atoms with van der Waals surface area (Å²) in [4.78, 5) is 7.47. The van der Waals surface area contributed by atoms with Crippen molar-refractivity contribution in [2.75, 3.05) is 38.8 Å². The van der Waals surface area contributed by atoms with Gasteiger partial charge in [-0.15, -0.1) is 0 Å². The minimum Gasteiger partial charge on any atom is -0.382 e. The molecule has 0 amide bonds. The monoisotopic (exact) mass is 215 g/mol. The van der Waals surface area contributed by atoms with Crippen LogP contribution in [0.5, 0.6) is 0 Å². The summed E-state index contributed by atoms with van der Waals surface area (Å²) in [5.74, 6) is -0.0522. The van der Waals surface area contributed by atoms with Gasteiger partial charge in [-0.3, -0.25) is 0 Å². The topological polar surface area (TPSA) is 56.3 Å². The summed E-state index contributed by atoms with van der Waals surface area (Å²) in [6.45, 7) is 2.24. The maximum atomic E-state index is 12.4. The summed E-state index contributed by atoms with van der Waals surface area (Å²) in [6, 6.07) is 0. The summed E-state index contributed by atoms with van der Waals surface area (Å²) in [5, 5.41) is 2.89. The highest BCUT2D eigenvalue weighted by atomic mass is 19.1. The zero-order valence-corrected chi connectivity index (χ0v) is 8.57. The second-order valence-electron chi connectivity index (χ2n) is 2.76. The van der Waals surface area contributed by atoms with Crippen molar-refractivity contribution in [1.29, 1.82) is 0 Å². The van der Waals surface area contributed by atoms with Crippen molar-refractivity contribution >= 4 is 5.95 Å². The zero-order valence-electron chi connectivity index (χ0n) is 8.57. The molecule has 0 aromatic carbocycles. The number of aromatic nitrogens is 2. The first-order valence-electron chi connectivity index (χ1n) is 4.61. The number of anilines is 1. The Kier molecular flexibility index (Phi) is 5.57. The summed E-state index contributed by atoms with van der Waals surface area (Å²) < 4.78 is 22.4. The first kappa shape index (κ1) is 11.8. The number of halogens is 1. The smallest absolute Gasteiger partial charge is 0.222 e. The van der Waals surface area contributed by atoms with Gasteiger partial charge >= 0.3 is 0 Å². The molecule has 0 saturated heterocycles. The van der Waals surface area contributed by atoms with E-state index < -0.39 is 5.82 Å². The number of rotatable bonds is 7. The van der Waals surface area contributed by atoms with Crippen LogP contribution in [0.1, 0.15) is 0 Å². The second kappa shape index (κ2) is 7.08. The van der Waals surface area contributed by atoms with Crippen LogP contribution < -0.4 is 5.32 Å². The van der Waals surface area contributed by atoms with E-state index in [9.17, 15) is 4.39 Å². The molecule has 1 heterocycles. The molecule has 0 unspecified atom stereocenters. The van der Waals surface area contributed by atoms with Crippen molar-refractivity contribution in [3.05, 3.63) is 18.2 Å². The quantitative estimate of drug-likeness (QED) is 0.678. The molecular weight excluding hydrogens is 201 g/mol. The lowest BCUT2D eigenvalue weighted by atomic mass is 10.6. The van der Waals surface area contributed by atoms with E-state index in [1.165, 1.54) is 0 Å². The van der Waals surface area contributed by atoms with Gasteiger partial charge in [0.15, 0.2) is 5.82 Å². The number of nitrogens with zero attached hydrogens (tertiary/aromatic N) is 2. The Bertz CT molecular complexity index is 269. The third-order valence-electron chi connectivity index (χ3n) is 1.58. The molecule has 0 saturated carbocycles. The fourth-order valence-corrected chi connectivity index (χ4v) is 0.883. The van der Waals surface area contributed by atoms with Gasteiger partial charge in [-0.05, 0) is 0 Å². The molecule has 0 aliphatic rings. The minimum atomic E-state index is -0.447. The number of methoxy groups -OCH3 is 1. The standard InChI is InChI=1S/C9H14FN3O2/c1-14-4-5-15-3-2-11-9-12-6-8(10)7-13-9/h6-7H,2-5H2,1H3,(H,11,12,13). The highest BCUT2D eigenvalue weighted by molar-refractivity contribution is 5.21. The van der Waals surface area contributed by atoms with Gasteiger partial charge in [0.1, 0.15) is 0 Å². The fourth-order valence-electron chi connectivity index (χ4n) is 0.883. The molecular formula is C9H14FN3O2. The Balaban J connectivity index is 2.07. The third kappa shape index (κ3) is 5.24. The Hall–Kier alpha value is -1.27. The molecule has 0 aliphatic carbocycles. The first-order chi connectivity index (χ1) is 7.33. The van der Waals surface area contributed by atoms with Crippen molar-refractivity contribution in [1.82, 2.24) is 9.97 Å². The molecule has 15 heavy (non-hydrogen) atoms. The average molecular weight is 215 g/mol. The highest BCUT2D eigenvalue weighted by Gasteiger charge is 1.95. The van der Waals surface area contributed by atoms with Gasteiger partial charge in [0, 0.05) is 13.7 Å². The van der Waals surface area contributed by atoms with Crippen molar-refractivity contribution in [2.45, 2.75) is 0 Å². The molecule has 1 aromatic rings. The fraction of sp³-hybridized carbons (Fsp3) is 0.556. The summed E-state index contributed by atoms with van der Waals surface area (Å²) in [6.07, 6.45) is 2.22. The Morgan fingerprint density at radius 2 is 2.00 bits per heavy atom. The predicted molar refractivity (Wildman–Crippen MR) is 53.2 cm³/mol. The van der Waals surface area contributed by atoms with E-state index >= 15 is 0 Å². The highest BCUT2D eigenvalue weighted by Crippen LogP contribution is 1.96. The minimum absolute atomic E-state index is 0.395.